The number of aryl methyl sites for hydroxylation is 1. The van der Waals surface area contributed by atoms with Crippen LogP contribution in [0.3, 0.4) is 0 Å². The zero-order valence-corrected chi connectivity index (χ0v) is 20.3. The monoisotopic (exact) mass is 496 g/mol. The minimum atomic E-state index is -0.971. The van der Waals surface area contributed by atoms with Gasteiger partial charge in [0.25, 0.3) is 5.78 Å². The Balaban J connectivity index is 1.60. The fourth-order valence-corrected chi connectivity index (χ4v) is 4.31. The van der Waals surface area contributed by atoms with Crippen LogP contribution in [0.4, 0.5) is 5.82 Å². The average molecular weight is 497 g/mol. The topological polar surface area (TPSA) is 102 Å². The molecule has 1 N–H and O–H groups in total. The third-order valence-electron chi connectivity index (χ3n) is 6.09. The molecule has 1 amide bonds. The van der Waals surface area contributed by atoms with Crippen LogP contribution in [-0.4, -0.2) is 29.1 Å². The summed E-state index contributed by atoms with van der Waals surface area (Å²) in [5.41, 5.74) is 1.88. The van der Waals surface area contributed by atoms with Gasteiger partial charge in [-0.1, -0.05) is 71.9 Å². The molecule has 1 unspecified atom stereocenters. The molecule has 0 spiro atoms. The number of methoxy groups -OCH3 is 1. The van der Waals surface area contributed by atoms with Crippen molar-refractivity contribution in [1.82, 2.24) is 5.16 Å². The summed E-state index contributed by atoms with van der Waals surface area (Å²) in [7, 11) is 1.51. The van der Waals surface area contributed by atoms with Crippen LogP contribution in [0.2, 0.25) is 0 Å². The van der Waals surface area contributed by atoms with Crippen molar-refractivity contribution in [3.05, 3.63) is 113 Å². The molecule has 1 atom stereocenters. The number of rotatable bonds is 7. The molecule has 1 aliphatic heterocycles. The molecule has 2 heterocycles. The van der Waals surface area contributed by atoms with Gasteiger partial charge in [-0.3, -0.25) is 14.5 Å². The van der Waals surface area contributed by atoms with Crippen LogP contribution in [0.1, 0.15) is 28.5 Å². The molecule has 37 heavy (non-hydrogen) atoms. The molecule has 4 aromatic rings. The number of ether oxygens (including phenoxy) is 2. The Morgan fingerprint density at radius 1 is 0.973 bits per heavy atom. The molecule has 1 fully saturated rings. The first-order valence-corrected chi connectivity index (χ1v) is 11.6. The fourth-order valence-electron chi connectivity index (χ4n) is 4.31. The third kappa shape index (κ3) is 4.56. The Morgan fingerprint density at radius 3 is 2.32 bits per heavy atom. The molecule has 0 aliphatic carbocycles. The van der Waals surface area contributed by atoms with Crippen molar-refractivity contribution in [2.24, 2.45) is 0 Å². The Hall–Kier alpha value is -4.85. The van der Waals surface area contributed by atoms with Gasteiger partial charge in [-0.2, -0.15) is 0 Å². The molecule has 0 radical (unpaired) electrons. The molecule has 1 saturated heterocycles. The van der Waals surface area contributed by atoms with Crippen LogP contribution in [0.25, 0.3) is 5.76 Å². The summed E-state index contributed by atoms with van der Waals surface area (Å²) in [4.78, 5) is 27.7. The zero-order chi connectivity index (χ0) is 25.9. The Morgan fingerprint density at radius 2 is 1.68 bits per heavy atom. The highest BCUT2D eigenvalue weighted by Gasteiger charge is 2.48. The molecule has 0 bridgehead atoms. The van der Waals surface area contributed by atoms with E-state index >= 15 is 0 Å². The second-order valence-corrected chi connectivity index (χ2v) is 8.52. The van der Waals surface area contributed by atoms with E-state index in [1.165, 1.54) is 12.0 Å². The molecular weight excluding hydrogens is 472 g/mol. The van der Waals surface area contributed by atoms with Crippen molar-refractivity contribution in [3.63, 3.8) is 0 Å². The van der Waals surface area contributed by atoms with Gasteiger partial charge in [0.1, 0.15) is 18.1 Å². The lowest BCUT2D eigenvalue weighted by molar-refractivity contribution is -0.132. The van der Waals surface area contributed by atoms with E-state index < -0.39 is 17.7 Å². The van der Waals surface area contributed by atoms with Crippen molar-refractivity contribution in [2.75, 3.05) is 12.0 Å². The fraction of sp³-hybridized carbons (Fsp3) is 0.138. The van der Waals surface area contributed by atoms with E-state index in [-0.39, 0.29) is 17.2 Å². The van der Waals surface area contributed by atoms with Crippen molar-refractivity contribution in [3.8, 4) is 11.5 Å². The molecule has 5 rings (SSSR count). The maximum absolute atomic E-state index is 13.3. The number of aromatic nitrogens is 1. The molecule has 0 saturated carbocycles. The lowest BCUT2D eigenvalue weighted by atomic mass is 9.95. The van der Waals surface area contributed by atoms with Gasteiger partial charge in [-0.05, 0) is 30.2 Å². The number of hydrogen-bond donors (Lipinski definition) is 1. The first kappa shape index (κ1) is 23.9. The van der Waals surface area contributed by atoms with Crippen LogP contribution in [0.15, 0.2) is 95.0 Å². The number of aliphatic hydroxyl groups excluding tert-OH is 1. The maximum atomic E-state index is 13.3. The summed E-state index contributed by atoms with van der Waals surface area (Å²) in [5.74, 6) is -0.381. The van der Waals surface area contributed by atoms with Crippen molar-refractivity contribution < 1.29 is 28.7 Å². The van der Waals surface area contributed by atoms with Gasteiger partial charge in [0.2, 0.25) is 0 Å². The number of nitrogens with zero attached hydrogens (tertiary/aromatic N) is 2. The van der Waals surface area contributed by atoms with Crippen LogP contribution in [0, 0.1) is 6.92 Å². The van der Waals surface area contributed by atoms with E-state index in [4.69, 9.17) is 14.0 Å². The predicted molar refractivity (Wildman–Crippen MR) is 136 cm³/mol. The van der Waals surface area contributed by atoms with Crippen molar-refractivity contribution in [2.45, 2.75) is 19.6 Å². The zero-order valence-electron chi connectivity index (χ0n) is 20.3. The van der Waals surface area contributed by atoms with Crippen LogP contribution < -0.4 is 14.4 Å². The average Bonchev–Trinajstić information content (AvgIpc) is 3.48. The molecule has 3 aromatic carbocycles. The second kappa shape index (κ2) is 10.0. The smallest absolute Gasteiger partial charge is 0.301 e. The highest BCUT2D eigenvalue weighted by atomic mass is 16.5. The number of aliphatic hydroxyl groups is 1. The third-order valence-corrected chi connectivity index (χ3v) is 6.09. The number of carbonyl (C=O) groups excluding carboxylic acids is 2. The molecule has 1 aromatic heterocycles. The van der Waals surface area contributed by atoms with Gasteiger partial charge in [0, 0.05) is 11.6 Å². The quantitative estimate of drug-likeness (QED) is 0.213. The first-order chi connectivity index (χ1) is 18.0. The van der Waals surface area contributed by atoms with E-state index in [0.717, 1.165) is 5.56 Å². The highest BCUT2D eigenvalue weighted by Crippen LogP contribution is 2.44. The second-order valence-electron chi connectivity index (χ2n) is 8.52. The summed E-state index contributed by atoms with van der Waals surface area (Å²) < 4.78 is 16.7. The highest BCUT2D eigenvalue weighted by molar-refractivity contribution is 6.51. The van der Waals surface area contributed by atoms with Gasteiger partial charge in [0.15, 0.2) is 17.3 Å². The molecular formula is C29H24N2O6. The van der Waals surface area contributed by atoms with Crippen LogP contribution in [-0.2, 0) is 16.2 Å². The molecule has 8 nitrogen and oxygen atoms in total. The molecule has 1 aliphatic rings. The van der Waals surface area contributed by atoms with Gasteiger partial charge in [0.05, 0.1) is 18.7 Å². The lowest BCUT2D eigenvalue weighted by Crippen LogP contribution is -2.29. The van der Waals surface area contributed by atoms with E-state index in [1.807, 2.05) is 30.3 Å². The number of benzene rings is 3. The number of Topliss-reactive ketones (excluding diaryl/α,β-unsaturated/α-hetero) is 1. The van der Waals surface area contributed by atoms with Gasteiger partial charge < -0.3 is 19.1 Å². The predicted octanol–water partition coefficient (Wildman–Crippen LogP) is 5.20. The van der Waals surface area contributed by atoms with E-state index in [0.29, 0.717) is 35.0 Å². The van der Waals surface area contributed by atoms with Gasteiger partial charge in [-0.25, -0.2) is 0 Å². The SMILES string of the molecule is COc1cc(C2/C(=C(/O)c3ccccc3)C(=O)C(=O)N2c2cc(C)on2)ccc1OCc1ccccc1. The first-order valence-electron chi connectivity index (χ1n) is 11.6. The molecule has 8 heteroatoms. The van der Waals surface area contributed by atoms with Gasteiger partial charge in [-0.15, -0.1) is 0 Å². The number of hydrogen-bond acceptors (Lipinski definition) is 7. The minimum absolute atomic E-state index is 0.0585. The van der Waals surface area contributed by atoms with E-state index in [9.17, 15) is 14.7 Å². The number of ketones is 1. The van der Waals surface area contributed by atoms with Crippen LogP contribution >= 0.6 is 0 Å². The summed E-state index contributed by atoms with van der Waals surface area (Å²) in [6, 6.07) is 24.0. The standard InChI is InChI=1S/C29H24N2O6/c1-18-15-24(30-37-18)31-26(25(28(33)29(31)34)27(32)20-11-7-4-8-12-20)21-13-14-22(23(16-21)35-2)36-17-19-9-5-3-6-10-19/h3-16,26,32H,17H2,1-2H3/b27-25-. The number of anilines is 1. The minimum Gasteiger partial charge on any atom is -0.507 e. The Labute approximate surface area is 213 Å². The van der Waals surface area contributed by atoms with Crippen molar-refractivity contribution >= 4 is 23.3 Å². The number of amides is 1. The lowest BCUT2D eigenvalue weighted by Gasteiger charge is -2.23. The van der Waals surface area contributed by atoms with Gasteiger partial charge >= 0.3 is 5.91 Å². The summed E-state index contributed by atoms with van der Waals surface area (Å²) >= 11 is 0. The summed E-state index contributed by atoms with van der Waals surface area (Å²) in [6.07, 6.45) is 0. The van der Waals surface area contributed by atoms with E-state index in [1.54, 1.807) is 61.5 Å². The largest absolute Gasteiger partial charge is 0.507 e. The molecule has 186 valence electrons. The van der Waals surface area contributed by atoms with Crippen molar-refractivity contribution in [1.29, 1.82) is 0 Å². The normalized spacial score (nSPS) is 16.7. The van der Waals surface area contributed by atoms with Crippen LogP contribution in [0.5, 0.6) is 11.5 Å². The summed E-state index contributed by atoms with van der Waals surface area (Å²) in [5, 5.41) is 15.1. The summed E-state index contributed by atoms with van der Waals surface area (Å²) in [6.45, 7) is 2.02. The number of carbonyl (C=O) groups is 2. The Bertz CT molecular complexity index is 1480. The Kier molecular flexibility index (Phi) is 6.47. The van der Waals surface area contributed by atoms with E-state index in [2.05, 4.69) is 5.16 Å². The maximum Gasteiger partial charge on any atom is 0.301 e.